The van der Waals surface area contributed by atoms with E-state index in [1.807, 2.05) is 19.1 Å². The van der Waals surface area contributed by atoms with Gasteiger partial charge in [0, 0.05) is 29.9 Å². The van der Waals surface area contributed by atoms with Crippen molar-refractivity contribution in [1.29, 1.82) is 0 Å². The molecule has 0 amide bonds. The Balaban J connectivity index is 2.40. The lowest BCUT2D eigenvalue weighted by atomic mass is 10.0. The highest BCUT2D eigenvalue weighted by molar-refractivity contribution is 5.62. The number of aliphatic hydroxyl groups excluding tert-OH is 1. The Labute approximate surface area is 108 Å². The quantitative estimate of drug-likeness (QED) is 0.806. The van der Waals surface area contributed by atoms with Crippen molar-refractivity contribution in [2.45, 2.75) is 31.8 Å². The number of hydrogen-bond donors (Lipinski definition) is 2. The second kappa shape index (κ2) is 5.59. The maximum absolute atomic E-state index is 9.23. The molecule has 0 saturated heterocycles. The maximum atomic E-state index is 9.23. The molecule has 1 aromatic rings. The third-order valence-corrected chi connectivity index (χ3v) is 3.36. The Kier molecular flexibility index (Phi) is 4.09. The largest absolute Gasteiger partial charge is 0.496 e. The Hall–Kier alpha value is -1.26. The zero-order chi connectivity index (χ0) is 13.1. The lowest BCUT2D eigenvalue weighted by molar-refractivity contribution is 0.301. The molecule has 4 nitrogen and oxygen atoms in total. The fourth-order valence-electron chi connectivity index (χ4n) is 2.41. The number of hydrogen-bond acceptors (Lipinski definition) is 4. The summed E-state index contributed by atoms with van der Waals surface area (Å²) in [7, 11) is 1.67. The van der Waals surface area contributed by atoms with E-state index in [0.717, 1.165) is 17.0 Å². The summed E-state index contributed by atoms with van der Waals surface area (Å²) in [6.07, 6.45) is 2.38. The van der Waals surface area contributed by atoms with Crippen LogP contribution in [0, 0.1) is 0 Å². The predicted molar refractivity (Wildman–Crippen MR) is 73.1 cm³/mol. The summed E-state index contributed by atoms with van der Waals surface area (Å²) in [5, 5.41) is 9.23. The van der Waals surface area contributed by atoms with Gasteiger partial charge in [-0.2, -0.15) is 0 Å². The minimum atomic E-state index is -0.0870. The van der Waals surface area contributed by atoms with Gasteiger partial charge in [0.15, 0.2) is 0 Å². The van der Waals surface area contributed by atoms with Crippen LogP contribution >= 0.6 is 0 Å². The van der Waals surface area contributed by atoms with E-state index in [1.54, 1.807) is 7.11 Å². The molecule has 0 spiro atoms. The number of rotatable bonds is 6. The molecule has 1 aromatic carbocycles. The molecule has 0 aliphatic heterocycles. The standard InChI is InChI=1S/C14H22N2O2/c1-10(15)14-12(4-3-5-13(14)18-2)16(8-9-17)11-6-7-11/h3-5,10-11,17H,6-9,15H2,1-2H3. The molecule has 4 heteroatoms. The van der Waals surface area contributed by atoms with Crippen molar-refractivity contribution >= 4 is 5.69 Å². The Morgan fingerprint density at radius 2 is 2.22 bits per heavy atom. The fraction of sp³-hybridized carbons (Fsp3) is 0.571. The molecule has 0 heterocycles. The van der Waals surface area contributed by atoms with Crippen molar-refractivity contribution in [3.8, 4) is 5.75 Å². The van der Waals surface area contributed by atoms with Gasteiger partial charge in [0.2, 0.25) is 0 Å². The molecule has 1 atom stereocenters. The van der Waals surface area contributed by atoms with Crippen LogP contribution in [0.3, 0.4) is 0 Å². The van der Waals surface area contributed by atoms with E-state index in [1.165, 1.54) is 12.8 Å². The highest BCUT2D eigenvalue weighted by Crippen LogP contribution is 2.38. The first-order valence-electron chi connectivity index (χ1n) is 6.49. The number of ether oxygens (including phenoxy) is 1. The van der Waals surface area contributed by atoms with Crippen LogP contribution in [-0.2, 0) is 0 Å². The van der Waals surface area contributed by atoms with Crippen LogP contribution < -0.4 is 15.4 Å². The summed E-state index contributed by atoms with van der Waals surface area (Å²) < 4.78 is 5.41. The van der Waals surface area contributed by atoms with E-state index in [2.05, 4.69) is 11.0 Å². The monoisotopic (exact) mass is 250 g/mol. The summed E-state index contributed by atoms with van der Waals surface area (Å²) in [6, 6.07) is 6.44. The van der Waals surface area contributed by atoms with E-state index in [0.29, 0.717) is 12.6 Å². The minimum Gasteiger partial charge on any atom is -0.496 e. The van der Waals surface area contributed by atoms with Gasteiger partial charge in [0.1, 0.15) is 5.75 Å². The highest BCUT2D eigenvalue weighted by atomic mass is 16.5. The van der Waals surface area contributed by atoms with Gasteiger partial charge in [0.25, 0.3) is 0 Å². The average molecular weight is 250 g/mol. The van der Waals surface area contributed by atoms with Crippen LogP contribution in [0.2, 0.25) is 0 Å². The smallest absolute Gasteiger partial charge is 0.125 e. The SMILES string of the molecule is COc1cccc(N(CCO)C2CC2)c1C(C)N. The molecule has 1 unspecified atom stereocenters. The molecule has 0 bridgehead atoms. The molecule has 1 aliphatic rings. The Morgan fingerprint density at radius 1 is 1.50 bits per heavy atom. The maximum Gasteiger partial charge on any atom is 0.125 e. The molecule has 0 aromatic heterocycles. The minimum absolute atomic E-state index is 0.0870. The van der Waals surface area contributed by atoms with Crippen molar-refractivity contribution in [1.82, 2.24) is 0 Å². The van der Waals surface area contributed by atoms with Crippen LogP contribution in [-0.4, -0.2) is 31.4 Å². The number of methoxy groups -OCH3 is 1. The molecule has 100 valence electrons. The van der Waals surface area contributed by atoms with Crippen molar-refractivity contribution in [2.24, 2.45) is 5.73 Å². The third-order valence-electron chi connectivity index (χ3n) is 3.36. The summed E-state index contributed by atoms with van der Waals surface area (Å²) in [5.41, 5.74) is 8.20. The lowest BCUT2D eigenvalue weighted by Crippen LogP contribution is -2.30. The van der Waals surface area contributed by atoms with Crippen molar-refractivity contribution in [3.63, 3.8) is 0 Å². The Morgan fingerprint density at radius 3 is 2.72 bits per heavy atom. The van der Waals surface area contributed by atoms with Gasteiger partial charge in [-0.1, -0.05) is 6.07 Å². The van der Waals surface area contributed by atoms with Crippen molar-refractivity contribution in [3.05, 3.63) is 23.8 Å². The molecule has 1 aliphatic carbocycles. The van der Waals surface area contributed by atoms with Crippen molar-refractivity contribution < 1.29 is 9.84 Å². The van der Waals surface area contributed by atoms with Crippen LogP contribution in [0.1, 0.15) is 31.4 Å². The number of anilines is 1. The molecular weight excluding hydrogens is 228 g/mol. The number of aliphatic hydroxyl groups is 1. The van der Waals surface area contributed by atoms with Crippen LogP contribution in [0.25, 0.3) is 0 Å². The molecule has 0 radical (unpaired) electrons. The van der Waals surface area contributed by atoms with Gasteiger partial charge in [0.05, 0.1) is 13.7 Å². The summed E-state index contributed by atoms with van der Waals surface area (Å²) in [6.45, 7) is 2.77. The topological polar surface area (TPSA) is 58.7 Å². The lowest BCUT2D eigenvalue weighted by Gasteiger charge is -2.28. The normalized spacial score (nSPS) is 16.4. The average Bonchev–Trinajstić information content (AvgIpc) is 3.19. The molecule has 1 fully saturated rings. The van der Waals surface area contributed by atoms with Crippen LogP contribution in [0.5, 0.6) is 5.75 Å². The molecule has 1 saturated carbocycles. The van der Waals surface area contributed by atoms with E-state index in [4.69, 9.17) is 10.5 Å². The molecule has 3 N–H and O–H groups in total. The van der Waals surface area contributed by atoms with E-state index < -0.39 is 0 Å². The summed E-state index contributed by atoms with van der Waals surface area (Å²) in [4.78, 5) is 2.25. The van der Waals surface area contributed by atoms with Gasteiger partial charge in [-0.15, -0.1) is 0 Å². The van der Waals surface area contributed by atoms with Crippen LogP contribution in [0.4, 0.5) is 5.69 Å². The fourth-order valence-corrected chi connectivity index (χ4v) is 2.41. The Bertz CT molecular complexity index is 403. The van der Waals surface area contributed by atoms with Gasteiger partial charge < -0.3 is 20.5 Å². The first-order valence-corrected chi connectivity index (χ1v) is 6.49. The second-order valence-corrected chi connectivity index (χ2v) is 4.83. The summed E-state index contributed by atoms with van der Waals surface area (Å²) in [5.74, 6) is 0.825. The number of nitrogens with two attached hydrogens (primary N) is 1. The molecule has 18 heavy (non-hydrogen) atoms. The molecular formula is C14H22N2O2. The van der Waals surface area contributed by atoms with E-state index in [9.17, 15) is 5.11 Å². The van der Waals surface area contributed by atoms with Crippen molar-refractivity contribution in [2.75, 3.05) is 25.2 Å². The first-order chi connectivity index (χ1) is 8.69. The van der Waals surface area contributed by atoms with Gasteiger partial charge in [-0.3, -0.25) is 0 Å². The van der Waals surface area contributed by atoms with Gasteiger partial charge in [-0.05, 0) is 31.9 Å². The highest BCUT2D eigenvalue weighted by Gasteiger charge is 2.31. The zero-order valence-corrected chi connectivity index (χ0v) is 11.1. The second-order valence-electron chi connectivity index (χ2n) is 4.83. The third kappa shape index (κ3) is 2.60. The van der Waals surface area contributed by atoms with Crippen LogP contribution in [0.15, 0.2) is 18.2 Å². The first kappa shape index (κ1) is 13.2. The van der Waals surface area contributed by atoms with E-state index >= 15 is 0 Å². The van der Waals surface area contributed by atoms with Gasteiger partial charge in [-0.25, -0.2) is 0 Å². The number of benzene rings is 1. The predicted octanol–water partition coefficient (Wildman–Crippen LogP) is 1.68. The van der Waals surface area contributed by atoms with Gasteiger partial charge >= 0.3 is 0 Å². The number of nitrogens with zero attached hydrogens (tertiary/aromatic N) is 1. The zero-order valence-electron chi connectivity index (χ0n) is 11.1. The molecule has 2 rings (SSSR count). The van der Waals surface area contributed by atoms with E-state index in [-0.39, 0.29) is 12.6 Å². The summed E-state index contributed by atoms with van der Waals surface area (Å²) >= 11 is 0.